The molecule has 0 amide bonds. The molecule has 2 fully saturated rings. The molecule has 0 bridgehead atoms. The minimum absolute atomic E-state index is 0.0114. The summed E-state index contributed by atoms with van der Waals surface area (Å²) in [5, 5.41) is 20.0. The van der Waals surface area contributed by atoms with Gasteiger partial charge >= 0.3 is 23.9 Å². The first-order valence-electron chi connectivity index (χ1n) is 12.1. The molecule has 9 heteroatoms. The summed E-state index contributed by atoms with van der Waals surface area (Å²) in [5.74, 6) is -3.03. The van der Waals surface area contributed by atoms with Crippen LogP contribution in [0.25, 0.3) is 0 Å². The highest BCUT2D eigenvalue weighted by Gasteiger charge is 2.54. The molecule has 1 aromatic carbocycles. The zero-order valence-corrected chi connectivity index (χ0v) is 20.2. The fraction of sp³-hybridized carbons (Fsp3) is 0.615. The van der Waals surface area contributed by atoms with Crippen molar-refractivity contribution in [2.24, 2.45) is 17.3 Å². The molecule has 190 valence electrons. The summed E-state index contributed by atoms with van der Waals surface area (Å²) in [6.07, 6.45) is 1.48. The number of rotatable bonds is 6. The monoisotopic (exact) mass is 488 g/mol. The van der Waals surface area contributed by atoms with Crippen LogP contribution in [-0.2, 0) is 35.1 Å². The number of carbonyl (C=O) groups is 4. The maximum Gasteiger partial charge on any atom is 0.357 e. The van der Waals surface area contributed by atoms with E-state index < -0.39 is 36.1 Å². The van der Waals surface area contributed by atoms with Gasteiger partial charge in [-0.1, -0.05) is 13.0 Å². The SMILES string of the molecule is CC(=O)OC(C(=O)O)C(OC(C)=O)C(=O)Oc1ccc2c(c1)CCC1C2CC[C@@]2(C)C1CC[C@@H]2O. The van der Waals surface area contributed by atoms with Gasteiger partial charge in [0.1, 0.15) is 5.75 Å². The molecular weight excluding hydrogens is 456 g/mol. The number of carboxylic acid groups (broad SMARTS) is 1. The normalized spacial score (nSPS) is 30.6. The van der Waals surface area contributed by atoms with Gasteiger partial charge in [0.05, 0.1) is 6.10 Å². The minimum Gasteiger partial charge on any atom is -0.478 e. The number of aliphatic hydroxyl groups is 1. The summed E-state index contributed by atoms with van der Waals surface area (Å²) < 4.78 is 14.9. The average molecular weight is 489 g/mol. The molecular formula is C26H32O9. The van der Waals surface area contributed by atoms with Crippen molar-refractivity contribution in [2.45, 2.75) is 83.5 Å². The summed E-state index contributed by atoms with van der Waals surface area (Å²) in [6.45, 7) is 4.23. The van der Waals surface area contributed by atoms with Crippen LogP contribution in [-0.4, -0.2) is 52.4 Å². The zero-order valence-electron chi connectivity index (χ0n) is 20.2. The number of carboxylic acids is 1. The summed E-state index contributed by atoms with van der Waals surface area (Å²) in [6, 6.07) is 5.38. The standard InChI is InChI=1S/C26H32O9/c1-13(27)33-22(24(30)31)23(34-14(2)28)25(32)35-16-5-7-17-15(12-16)4-6-19-18(17)10-11-26(3)20(19)8-9-21(26)29/h5,7,12,18-23,29H,4,6,8-11H2,1-3H3,(H,30,31)/t18?,19?,20?,21-,22?,23?,26-/m0/s1. The molecule has 0 aliphatic heterocycles. The molecule has 7 atom stereocenters. The Balaban J connectivity index is 1.52. The molecule has 5 unspecified atom stereocenters. The number of benzene rings is 1. The van der Waals surface area contributed by atoms with Crippen LogP contribution < -0.4 is 4.74 Å². The van der Waals surface area contributed by atoms with Gasteiger partial charge in [0.15, 0.2) is 0 Å². The molecule has 3 aliphatic carbocycles. The van der Waals surface area contributed by atoms with Gasteiger partial charge in [-0.3, -0.25) is 9.59 Å². The highest BCUT2D eigenvalue weighted by atomic mass is 16.6. The maximum absolute atomic E-state index is 12.8. The third kappa shape index (κ3) is 4.78. The maximum atomic E-state index is 12.8. The number of hydrogen-bond acceptors (Lipinski definition) is 8. The van der Waals surface area contributed by atoms with Crippen molar-refractivity contribution in [2.75, 3.05) is 0 Å². The summed E-state index contributed by atoms with van der Waals surface area (Å²) in [4.78, 5) is 47.2. The van der Waals surface area contributed by atoms with E-state index in [2.05, 4.69) is 6.92 Å². The first kappa shape index (κ1) is 25.2. The number of aliphatic carboxylic acids is 1. The largest absolute Gasteiger partial charge is 0.478 e. The van der Waals surface area contributed by atoms with Crippen molar-refractivity contribution in [1.29, 1.82) is 0 Å². The highest BCUT2D eigenvalue weighted by Crippen LogP contribution is 2.60. The predicted molar refractivity (Wildman–Crippen MR) is 121 cm³/mol. The van der Waals surface area contributed by atoms with E-state index in [9.17, 15) is 29.4 Å². The van der Waals surface area contributed by atoms with Gasteiger partial charge in [0.25, 0.3) is 0 Å². The molecule has 0 heterocycles. The lowest BCUT2D eigenvalue weighted by molar-refractivity contribution is -0.184. The molecule has 2 N–H and O–H groups in total. The molecule has 0 aromatic heterocycles. The second-order valence-electron chi connectivity index (χ2n) is 10.2. The van der Waals surface area contributed by atoms with Crippen LogP contribution in [0.5, 0.6) is 5.75 Å². The first-order chi connectivity index (χ1) is 16.5. The zero-order chi connectivity index (χ0) is 25.5. The van der Waals surface area contributed by atoms with E-state index in [1.807, 2.05) is 6.07 Å². The van der Waals surface area contributed by atoms with E-state index in [1.54, 1.807) is 12.1 Å². The Labute approximate surface area is 203 Å². The van der Waals surface area contributed by atoms with Crippen LogP contribution in [0.2, 0.25) is 0 Å². The average Bonchev–Trinajstić information content (AvgIpc) is 3.09. The Morgan fingerprint density at radius 2 is 1.69 bits per heavy atom. The van der Waals surface area contributed by atoms with E-state index >= 15 is 0 Å². The van der Waals surface area contributed by atoms with E-state index in [1.165, 1.54) is 5.56 Å². The molecule has 0 spiro atoms. The van der Waals surface area contributed by atoms with Crippen LogP contribution in [0.15, 0.2) is 18.2 Å². The Morgan fingerprint density at radius 1 is 1.00 bits per heavy atom. The fourth-order valence-corrected chi connectivity index (χ4v) is 6.60. The highest BCUT2D eigenvalue weighted by molar-refractivity contribution is 5.89. The number of carbonyl (C=O) groups excluding carboxylic acids is 3. The van der Waals surface area contributed by atoms with Crippen molar-refractivity contribution in [3.63, 3.8) is 0 Å². The molecule has 9 nitrogen and oxygen atoms in total. The molecule has 35 heavy (non-hydrogen) atoms. The summed E-state index contributed by atoms with van der Waals surface area (Å²) in [5.41, 5.74) is 2.28. The number of aryl methyl sites for hydroxylation is 1. The molecule has 4 rings (SSSR count). The molecule has 0 radical (unpaired) electrons. The van der Waals surface area contributed by atoms with E-state index in [0.717, 1.165) is 57.9 Å². The van der Waals surface area contributed by atoms with E-state index in [0.29, 0.717) is 17.8 Å². The van der Waals surface area contributed by atoms with Crippen LogP contribution in [0.1, 0.15) is 69.9 Å². The Kier molecular flexibility index (Phi) is 6.90. The lowest BCUT2D eigenvalue weighted by atomic mass is 9.55. The van der Waals surface area contributed by atoms with E-state index in [4.69, 9.17) is 14.2 Å². The summed E-state index contributed by atoms with van der Waals surface area (Å²) in [7, 11) is 0. The lowest BCUT2D eigenvalue weighted by Gasteiger charge is -2.50. The van der Waals surface area contributed by atoms with Crippen molar-refractivity contribution < 1.29 is 43.6 Å². The van der Waals surface area contributed by atoms with Crippen LogP contribution in [0, 0.1) is 17.3 Å². The minimum atomic E-state index is -2.03. The second kappa shape index (κ2) is 9.60. The van der Waals surface area contributed by atoms with Crippen molar-refractivity contribution >= 4 is 23.9 Å². The number of esters is 3. The Morgan fingerprint density at radius 3 is 2.34 bits per heavy atom. The third-order valence-corrected chi connectivity index (χ3v) is 8.20. The van der Waals surface area contributed by atoms with Gasteiger partial charge in [-0.05, 0) is 85.0 Å². The molecule has 3 aliphatic rings. The smallest absolute Gasteiger partial charge is 0.357 e. The van der Waals surface area contributed by atoms with Gasteiger partial charge in [-0.15, -0.1) is 0 Å². The van der Waals surface area contributed by atoms with Crippen LogP contribution in [0.4, 0.5) is 0 Å². The number of ether oxygens (including phenoxy) is 3. The fourth-order valence-electron chi connectivity index (χ4n) is 6.60. The number of aliphatic hydroxyl groups excluding tert-OH is 1. The van der Waals surface area contributed by atoms with Crippen LogP contribution >= 0.6 is 0 Å². The van der Waals surface area contributed by atoms with E-state index in [-0.39, 0.29) is 17.3 Å². The van der Waals surface area contributed by atoms with Crippen LogP contribution in [0.3, 0.4) is 0 Å². The molecule has 2 saturated carbocycles. The van der Waals surface area contributed by atoms with Gasteiger partial charge in [-0.25, -0.2) is 9.59 Å². The summed E-state index contributed by atoms with van der Waals surface area (Å²) >= 11 is 0. The molecule has 0 saturated heterocycles. The molecule has 1 aromatic rings. The van der Waals surface area contributed by atoms with Gasteiger partial charge in [0.2, 0.25) is 12.2 Å². The Bertz CT molecular complexity index is 1030. The van der Waals surface area contributed by atoms with Crippen molar-refractivity contribution in [3.05, 3.63) is 29.3 Å². The third-order valence-electron chi connectivity index (χ3n) is 8.20. The quantitative estimate of drug-likeness (QED) is 0.457. The Hall–Kier alpha value is -2.94. The van der Waals surface area contributed by atoms with Crippen molar-refractivity contribution in [3.8, 4) is 5.75 Å². The van der Waals surface area contributed by atoms with Gasteiger partial charge < -0.3 is 24.4 Å². The van der Waals surface area contributed by atoms with Crippen molar-refractivity contribution in [1.82, 2.24) is 0 Å². The first-order valence-corrected chi connectivity index (χ1v) is 12.1. The number of fused-ring (bicyclic) bond motifs is 5. The number of hydrogen-bond donors (Lipinski definition) is 2. The van der Waals surface area contributed by atoms with Gasteiger partial charge in [-0.2, -0.15) is 0 Å². The topological polar surface area (TPSA) is 136 Å². The second-order valence-corrected chi connectivity index (χ2v) is 10.2. The predicted octanol–water partition coefficient (Wildman–Crippen LogP) is 2.76. The lowest BCUT2D eigenvalue weighted by Crippen LogP contribution is -2.47. The van der Waals surface area contributed by atoms with Gasteiger partial charge in [0, 0.05) is 13.8 Å².